The maximum Gasteiger partial charge on any atom is 0.321 e. The standard InChI is InChI=1S/C11H11F3N2O4/c12-9(13)10(14)15-8(11(17)18)5-6-2-1-3-7(4-6)16(19)20/h1-4,8-10,15H,5H2,(H,17,18). The first-order valence-corrected chi connectivity index (χ1v) is 5.45. The molecule has 0 aliphatic carbocycles. The van der Waals surface area contributed by atoms with Gasteiger partial charge in [0.05, 0.1) is 4.92 Å². The second-order valence-electron chi connectivity index (χ2n) is 3.92. The number of benzene rings is 1. The van der Waals surface area contributed by atoms with Gasteiger partial charge < -0.3 is 5.11 Å². The molecule has 0 fully saturated rings. The van der Waals surface area contributed by atoms with Crippen LogP contribution in [-0.4, -0.2) is 34.8 Å². The average molecular weight is 292 g/mol. The number of aliphatic carboxylic acids is 1. The van der Waals surface area contributed by atoms with Crippen LogP contribution in [0.4, 0.5) is 18.9 Å². The van der Waals surface area contributed by atoms with Crippen molar-refractivity contribution in [2.75, 3.05) is 0 Å². The highest BCUT2D eigenvalue weighted by molar-refractivity contribution is 5.74. The van der Waals surface area contributed by atoms with Gasteiger partial charge in [0.2, 0.25) is 6.30 Å². The summed E-state index contributed by atoms with van der Waals surface area (Å²) in [6.07, 6.45) is -6.50. The molecule has 0 aliphatic heterocycles. The van der Waals surface area contributed by atoms with E-state index in [0.717, 1.165) is 6.07 Å². The first kappa shape index (κ1) is 15.9. The largest absolute Gasteiger partial charge is 0.480 e. The maximum atomic E-state index is 12.8. The summed E-state index contributed by atoms with van der Waals surface area (Å²) in [5, 5.41) is 21.0. The van der Waals surface area contributed by atoms with Crippen molar-refractivity contribution in [2.45, 2.75) is 25.2 Å². The van der Waals surface area contributed by atoms with Crippen molar-refractivity contribution in [3.63, 3.8) is 0 Å². The summed E-state index contributed by atoms with van der Waals surface area (Å²) in [4.78, 5) is 20.8. The lowest BCUT2D eigenvalue weighted by Crippen LogP contribution is -2.45. The number of carbonyl (C=O) groups is 1. The topological polar surface area (TPSA) is 92.5 Å². The molecule has 0 radical (unpaired) electrons. The molecule has 0 aliphatic rings. The zero-order chi connectivity index (χ0) is 15.3. The van der Waals surface area contributed by atoms with Crippen LogP contribution in [0.25, 0.3) is 0 Å². The minimum atomic E-state index is -3.36. The molecule has 0 amide bonds. The van der Waals surface area contributed by atoms with Gasteiger partial charge in [0.1, 0.15) is 6.04 Å². The Kier molecular flexibility index (Phi) is 5.44. The zero-order valence-corrected chi connectivity index (χ0v) is 10.0. The van der Waals surface area contributed by atoms with E-state index in [2.05, 4.69) is 0 Å². The Bertz CT molecular complexity index is 498. The second kappa shape index (κ2) is 6.85. The Morgan fingerprint density at radius 3 is 2.55 bits per heavy atom. The molecular weight excluding hydrogens is 281 g/mol. The van der Waals surface area contributed by atoms with Gasteiger partial charge in [-0.25, -0.2) is 13.2 Å². The first-order chi connectivity index (χ1) is 9.31. The summed E-state index contributed by atoms with van der Waals surface area (Å²) in [7, 11) is 0. The third-order valence-electron chi connectivity index (χ3n) is 2.44. The van der Waals surface area contributed by atoms with Crippen molar-refractivity contribution in [1.82, 2.24) is 5.32 Å². The Balaban J connectivity index is 2.83. The molecule has 2 unspecified atom stereocenters. The third-order valence-corrected chi connectivity index (χ3v) is 2.44. The lowest BCUT2D eigenvalue weighted by atomic mass is 10.1. The Morgan fingerprint density at radius 1 is 1.40 bits per heavy atom. The van der Waals surface area contributed by atoms with Crippen molar-refractivity contribution < 1.29 is 28.0 Å². The smallest absolute Gasteiger partial charge is 0.321 e. The number of nitro benzene ring substituents is 1. The average Bonchev–Trinajstić information content (AvgIpc) is 2.37. The van der Waals surface area contributed by atoms with Crippen LogP contribution in [0.5, 0.6) is 0 Å². The number of halogens is 3. The van der Waals surface area contributed by atoms with E-state index in [1.807, 2.05) is 0 Å². The highest BCUT2D eigenvalue weighted by atomic mass is 19.3. The predicted molar refractivity (Wildman–Crippen MR) is 62.3 cm³/mol. The minimum Gasteiger partial charge on any atom is -0.480 e. The fourth-order valence-electron chi connectivity index (χ4n) is 1.52. The number of hydrogen-bond donors (Lipinski definition) is 2. The van der Waals surface area contributed by atoms with Crippen LogP contribution in [0.3, 0.4) is 0 Å². The Hall–Kier alpha value is -2.16. The van der Waals surface area contributed by atoms with Crippen LogP contribution >= 0.6 is 0 Å². The highest BCUT2D eigenvalue weighted by Gasteiger charge is 2.27. The molecule has 0 saturated carbocycles. The molecule has 0 heterocycles. The summed E-state index contributed by atoms with van der Waals surface area (Å²) in [6, 6.07) is 3.41. The molecule has 0 saturated heterocycles. The quantitative estimate of drug-likeness (QED) is 0.453. The summed E-state index contributed by atoms with van der Waals surface area (Å²) in [5.41, 5.74) is -0.0436. The van der Waals surface area contributed by atoms with Crippen molar-refractivity contribution in [3.05, 3.63) is 39.9 Å². The number of alkyl halides is 3. The van der Waals surface area contributed by atoms with Gasteiger partial charge in [-0.15, -0.1) is 0 Å². The molecule has 110 valence electrons. The van der Waals surface area contributed by atoms with E-state index in [9.17, 15) is 28.1 Å². The van der Waals surface area contributed by atoms with Gasteiger partial charge in [-0.2, -0.15) is 0 Å². The second-order valence-corrected chi connectivity index (χ2v) is 3.92. The molecular formula is C11H11F3N2O4. The van der Waals surface area contributed by atoms with Crippen LogP contribution in [0, 0.1) is 10.1 Å². The van der Waals surface area contributed by atoms with E-state index in [1.54, 1.807) is 5.32 Å². The number of nitrogens with zero attached hydrogens (tertiary/aromatic N) is 1. The number of carboxylic acid groups (broad SMARTS) is 1. The predicted octanol–water partition coefficient (Wildman–Crippen LogP) is 1.74. The molecule has 6 nitrogen and oxygen atoms in total. The highest BCUT2D eigenvalue weighted by Crippen LogP contribution is 2.15. The van der Waals surface area contributed by atoms with Crippen molar-refractivity contribution in [3.8, 4) is 0 Å². The zero-order valence-electron chi connectivity index (χ0n) is 10.0. The van der Waals surface area contributed by atoms with E-state index >= 15 is 0 Å². The molecule has 1 aromatic rings. The molecule has 2 N–H and O–H groups in total. The number of non-ortho nitro benzene ring substituents is 1. The SMILES string of the molecule is O=C(O)C(Cc1cccc([N+](=O)[O-])c1)NC(F)C(F)F. The van der Waals surface area contributed by atoms with E-state index in [0.29, 0.717) is 0 Å². The molecule has 0 aromatic heterocycles. The maximum absolute atomic E-state index is 12.8. The molecule has 0 bridgehead atoms. The van der Waals surface area contributed by atoms with Crippen molar-refractivity contribution in [1.29, 1.82) is 0 Å². The lowest BCUT2D eigenvalue weighted by molar-refractivity contribution is -0.384. The summed E-state index contributed by atoms with van der Waals surface area (Å²) < 4.78 is 36.9. The van der Waals surface area contributed by atoms with E-state index in [4.69, 9.17) is 5.11 Å². The van der Waals surface area contributed by atoms with E-state index < -0.39 is 29.7 Å². The molecule has 2 atom stereocenters. The van der Waals surface area contributed by atoms with Crippen molar-refractivity contribution in [2.24, 2.45) is 0 Å². The number of hydrogen-bond acceptors (Lipinski definition) is 4. The van der Waals surface area contributed by atoms with Gasteiger partial charge in [0.15, 0.2) is 0 Å². The molecule has 0 spiro atoms. The van der Waals surface area contributed by atoms with Gasteiger partial charge in [-0.1, -0.05) is 12.1 Å². The lowest BCUT2D eigenvalue weighted by Gasteiger charge is -2.17. The normalized spacial score (nSPS) is 14.0. The van der Waals surface area contributed by atoms with Gasteiger partial charge >= 0.3 is 5.97 Å². The van der Waals surface area contributed by atoms with Gasteiger partial charge in [0.25, 0.3) is 12.1 Å². The van der Waals surface area contributed by atoms with Gasteiger partial charge in [-0.05, 0) is 12.0 Å². The van der Waals surface area contributed by atoms with Crippen LogP contribution in [0.2, 0.25) is 0 Å². The number of nitro groups is 1. The van der Waals surface area contributed by atoms with E-state index in [1.165, 1.54) is 18.2 Å². The fraction of sp³-hybridized carbons (Fsp3) is 0.364. The first-order valence-electron chi connectivity index (χ1n) is 5.45. The summed E-state index contributed by atoms with van der Waals surface area (Å²) >= 11 is 0. The number of nitrogens with one attached hydrogen (secondary N) is 1. The Morgan fingerprint density at radius 2 is 2.05 bits per heavy atom. The third kappa shape index (κ3) is 4.50. The summed E-state index contributed by atoms with van der Waals surface area (Å²) in [6.45, 7) is 0. The van der Waals surface area contributed by atoms with Crippen LogP contribution < -0.4 is 5.32 Å². The van der Waals surface area contributed by atoms with Crippen LogP contribution in [0.15, 0.2) is 24.3 Å². The van der Waals surface area contributed by atoms with Crippen LogP contribution in [-0.2, 0) is 11.2 Å². The molecule has 1 rings (SSSR count). The van der Waals surface area contributed by atoms with Crippen molar-refractivity contribution >= 4 is 11.7 Å². The number of rotatable bonds is 7. The number of carboxylic acids is 1. The molecule has 1 aromatic carbocycles. The van der Waals surface area contributed by atoms with Gasteiger partial charge in [-0.3, -0.25) is 20.2 Å². The van der Waals surface area contributed by atoms with E-state index in [-0.39, 0.29) is 17.7 Å². The molecule has 9 heteroatoms. The summed E-state index contributed by atoms with van der Waals surface area (Å²) in [5.74, 6) is -1.53. The minimum absolute atomic E-state index is 0.223. The monoisotopic (exact) mass is 292 g/mol. The fourth-order valence-corrected chi connectivity index (χ4v) is 1.52. The van der Waals surface area contributed by atoms with Gasteiger partial charge in [0, 0.05) is 12.1 Å². The molecule has 20 heavy (non-hydrogen) atoms. The Labute approximate surface area is 111 Å². The van der Waals surface area contributed by atoms with Crippen LogP contribution in [0.1, 0.15) is 5.56 Å².